The molecule has 0 radical (unpaired) electrons. The topological polar surface area (TPSA) is 55.1 Å². The summed E-state index contributed by atoms with van der Waals surface area (Å²) in [6, 6.07) is 6.21. The molecule has 0 saturated heterocycles. The Morgan fingerprint density at radius 3 is 2.41 bits per heavy atom. The zero-order chi connectivity index (χ0) is 16.5. The van der Waals surface area contributed by atoms with E-state index in [4.69, 9.17) is 5.73 Å². The Labute approximate surface area is 131 Å². The minimum absolute atomic E-state index is 0.0273. The van der Waals surface area contributed by atoms with Gasteiger partial charge in [0.15, 0.2) is 0 Å². The first-order valence-corrected chi connectivity index (χ1v) is 6.71. The lowest BCUT2D eigenvalue weighted by molar-refractivity contribution is -0.137. The van der Waals surface area contributed by atoms with Gasteiger partial charge in [0, 0.05) is 4.47 Å². The van der Waals surface area contributed by atoms with Crippen LogP contribution in [0.5, 0.6) is 0 Å². The van der Waals surface area contributed by atoms with Crippen molar-refractivity contribution in [2.24, 2.45) is 0 Å². The van der Waals surface area contributed by atoms with Gasteiger partial charge in [-0.2, -0.15) is 13.2 Å². The van der Waals surface area contributed by atoms with E-state index in [-0.39, 0.29) is 11.4 Å². The summed E-state index contributed by atoms with van der Waals surface area (Å²) in [5.41, 5.74) is 3.82. The highest BCUT2D eigenvalue weighted by Crippen LogP contribution is 2.34. The van der Waals surface area contributed by atoms with Crippen molar-refractivity contribution in [3.8, 4) is 0 Å². The summed E-state index contributed by atoms with van der Waals surface area (Å²) in [5.74, 6) is -1.61. The van der Waals surface area contributed by atoms with Gasteiger partial charge in [0.05, 0.1) is 22.5 Å². The van der Waals surface area contributed by atoms with Gasteiger partial charge in [0.1, 0.15) is 5.82 Å². The molecule has 0 saturated carbocycles. The third kappa shape index (κ3) is 3.56. The van der Waals surface area contributed by atoms with Crippen LogP contribution in [0.25, 0.3) is 0 Å². The van der Waals surface area contributed by atoms with Gasteiger partial charge in [-0.25, -0.2) is 4.39 Å². The van der Waals surface area contributed by atoms with Crippen LogP contribution in [0.1, 0.15) is 15.9 Å². The predicted octanol–water partition coefficient (Wildman–Crippen LogP) is 4.44. The Morgan fingerprint density at radius 1 is 1.14 bits per heavy atom. The van der Waals surface area contributed by atoms with Crippen LogP contribution in [0.3, 0.4) is 0 Å². The van der Waals surface area contributed by atoms with Gasteiger partial charge < -0.3 is 11.1 Å². The second kappa shape index (κ2) is 5.96. The number of benzene rings is 2. The maximum Gasteiger partial charge on any atom is 0.417 e. The van der Waals surface area contributed by atoms with Crippen LogP contribution in [-0.4, -0.2) is 5.91 Å². The predicted molar refractivity (Wildman–Crippen MR) is 77.9 cm³/mol. The molecule has 2 aromatic rings. The quantitative estimate of drug-likeness (QED) is 0.601. The van der Waals surface area contributed by atoms with Crippen LogP contribution < -0.4 is 11.1 Å². The number of rotatable bonds is 2. The maximum absolute atomic E-state index is 12.9. The largest absolute Gasteiger partial charge is 0.417 e. The molecule has 0 aliphatic heterocycles. The third-order valence-electron chi connectivity index (χ3n) is 2.79. The molecular formula is C14H9BrF4N2O. The Balaban J connectivity index is 2.39. The molecule has 3 nitrogen and oxygen atoms in total. The Kier molecular flexibility index (Phi) is 4.41. The summed E-state index contributed by atoms with van der Waals surface area (Å²) < 4.78 is 52.1. The van der Waals surface area contributed by atoms with Crippen LogP contribution in [0.15, 0.2) is 40.9 Å². The number of hydrogen-bond donors (Lipinski definition) is 2. The molecule has 22 heavy (non-hydrogen) atoms. The average Bonchev–Trinajstić information content (AvgIpc) is 2.40. The van der Waals surface area contributed by atoms with E-state index in [0.717, 1.165) is 24.3 Å². The molecule has 0 spiro atoms. The van der Waals surface area contributed by atoms with Crippen LogP contribution in [-0.2, 0) is 6.18 Å². The SMILES string of the molecule is Nc1cc(F)ccc1NC(=O)c1cc(Br)ccc1C(F)(F)F. The van der Waals surface area contributed by atoms with Gasteiger partial charge in [-0.15, -0.1) is 0 Å². The van der Waals surface area contributed by atoms with Gasteiger partial charge in [0.2, 0.25) is 0 Å². The molecule has 0 atom stereocenters. The first-order valence-electron chi connectivity index (χ1n) is 5.91. The van der Waals surface area contributed by atoms with Gasteiger partial charge in [-0.1, -0.05) is 15.9 Å². The number of anilines is 2. The molecular weight excluding hydrogens is 368 g/mol. The maximum atomic E-state index is 12.9. The fourth-order valence-corrected chi connectivity index (χ4v) is 2.15. The van der Waals surface area contributed by atoms with E-state index in [1.165, 1.54) is 12.1 Å². The molecule has 0 heterocycles. The van der Waals surface area contributed by atoms with Gasteiger partial charge in [-0.3, -0.25) is 4.79 Å². The van der Waals surface area contributed by atoms with Crippen LogP contribution in [0.2, 0.25) is 0 Å². The molecule has 116 valence electrons. The van der Waals surface area contributed by atoms with Gasteiger partial charge in [-0.05, 0) is 36.4 Å². The van der Waals surface area contributed by atoms with Crippen LogP contribution in [0.4, 0.5) is 28.9 Å². The van der Waals surface area contributed by atoms with Gasteiger partial charge in [0.25, 0.3) is 5.91 Å². The number of halogens is 5. The third-order valence-corrected chi connectivity index (χ3v) is 3.29. The zero-order valence-corrected chi connectivity index (χ0v) is 12.4. The molecule has 8 heteroatoms. The second-order valence-corrected chi connectivity index (χ2v) is 5.29. The minimum atomic E-state index is -4.68. The molecule has 0 bridgehead atoms. The van der Waals surface area contributed by atoms with Crippen LogP contribution >= 0.6 is 15.9 Å². The summed E-state index contributed by atoms with van der Waals surface area (Å²) >= 11 is 3.02. The molecule has 2 aromatic carbocycles. The Bertz CT molecular complexity index is 731. The number of hydrogen-bond acceptors (Lipinski definition) is 2. The number of carbonyl (C=O) groups is 1. The lowest BCUT2D eigenvalue weighted by atomic mass is 10.1. The van der Waals surface area contributed by atoms with E-state index < -0.39 is 29.0 Å². The van der Waals surface area contributed by atoms with E-state index in [1.54, 1.807) is 0 Å². The number of carbonyl (C=O) groups excluding carboxylic acids is 1. The molecule has 0 aliphatic carbocycles. The van der Waals surface area contributed by atoms with E-state index >= 15 is 0 Å². The summed E-state index contributed by atoms with van der Waals surface area (Å²) in [6.45, 7) is 0. The average molecular weight is 377 g/mol. The lowest BCUT2D eigenvalue weighted by Crippen LogP contribution is -2.19. The fraction of sp³-hybridized carbons (Fsp3) is 0.0714. The number of alkyl halides is 3. The second-order valence-electron chi connectivity index (χ2n) is 4.37. The number of nitrogens with two attached hydrogens (primary N) is 1. The standard InChI is InChI=1S/C14H9BrF4N2O/c15-7-1-3-10(14(17,18)19)9(5-7)13(22)21-12-4-2-8(16)6-11(12)20/h1-6H,20H2,(H,21,22). The highest BCUT2D eigenvalue weighted by Gasteiger charge is 2.35. The molecule has 0 unspecified atom stereocenters. The summed E-state index contributed by atoms with van der Waals surface area (Å²) in [4.78, 5) is 12.1. The fourth-order valence-electron chi connectivity index (χ4n) is 1.79. The van der Waals surface area contributed by atoms with Crippen LogP contribution in [0, 0.1) is 5.82 Å². The van der Waals surface area contributed by atoms with Crippen molar-refractivity contribution in [2.45, 2.75) is 6.18 Å². The summed E-state index contributed by atoms with van der Waals surface area (Å²) in [6.07, 6.45) is -4.68. The molecule has 3 N–H and O–H groups in total. The summed E-state index contributed by atoms with van der Waals surface area (Å²) in [7, 11) is 0. The first-order chi connectivity index (χ1) is 10.2. The molecule has 0 aromatic heterocycles. The van der Waals surface area contributed by atoms with Gasteiger partial charge >= 0.3 is 6.18 Å². The Morgan fingerprint density at radius 2 is 1.82 bits per heavy atom. The smallest absolute Gasteiger partial charge is 0.397 e. The van der Waals surface area contributed by atoms with Crippen molar-refractivity contribution in [1.29, 1.82) is 0 Å². The van der Waals surface area contributed by atoms with E-state index in [2.05, 4.69) is 21.2 Å². The van der Waals surface area contributed by atoms with Crippen molar-refractivity contribution in [3.63, 3.8) is 0 Å². The van der Waals surface area contributed by atoms with Crippen molar-refractivity contribution in [1.82, 2.24) is 0 Å². The Hall–Kier alpha value is -2.09. The summed E-state index contributed by atoms with van der Waals surface area (Å²) in [5, 5.41) is 2.24. The molecule has 1 amide bonds. The highest BCUT2D eigenvalue weighted by atomic mass is 79.9. The normalized spacial score (nSPS) is 11.3. The zero-order valence-electron chi connectivity index (χ0n) is 10.8. The monoisotopic (exact) mass is 376 g/mol. The molecule has 2 rings (SSSR count). The lowest BCUT2D eigenvalue weighted by Gasteiger charge is -2.14. The molecule has 0 fully saturated rings. The van der Waals surface area contributed by atoms with Crippen molar-refractivity contribution >= 4 is 33.2 Å². The highest BCUT2D eigenvalue weighted by molar-refractivity contribution is 9.10. The number of nitrogens with one attached hydrogen (secondary N) is 1. The van der Waals surface area contributed by atoms with Crippen molar-refractivity contribution in [2.75, 3.05) is 11.1 Å². The first kappa shape index (κ1) is 16.3. The van der Waals surface area contributed by atoms with Crippen molar-refractivity contribution in [3.05, 3.63) is 57.8 Å². The number of amides is 1. The molecule has 0 aliphatic rings. The minimum Gasteiger partial charge on any atom is -0.397 e. The van der Waals surface area contributed by atoms with E-state index in [1.807, 2.05) is 0 Å². The van der Waals surface area contributed by atoms with E-state index in [0.29, 0.717) is 4.47 Å². The van der Waals surface area contributed by atoms with E-state index in [9.17, 15) is 22.4 Å². The number of nitrogen functional groups attached to an aromatic ring is 1. The van der Waals surface area contributed by atoms with Crippen molar-refractivity contribution < 1.29 is 22.4 Å².